The van der Waals surface area contributed by atoms with Crippen LogP contribution in [0.3, 0.4) is 0 Å². The molecule has 0 radical (unpaired) electrons. The van der Waals surface area contributed by atoms with Gasteiger partial charge in [0.15, 0.2) is 6.61 Å². The maximum Gasteiger partial charge on any atom is 0.317 e. The van der Waals surface area contributed by atoms with Crippen molar-refractivity contribution in [2.45, 2.75) is 63.5 Å². The van der Waals surface area contributed by atoms with Gasteiger partial charge in [-0.3, -0.25) is 14.5 Å². The maximum atomic E-state index is 13.6. The average molecular weight is 555 g/mol. The summed E-state index contributed by atoms with van der Waals surface area (Å²) < 4.78 is 11.8. The molecule has 6 nitrogen and oxygen atoms in total. The predicted octanol–water partition coefficient (Wildman–Crippen LogP) is 6.10. The third-order valence-electron chi connectivity index (χ3n) is 8.32. The Bertz CT molecular complexity index is 1240. The molecule has 3 aromatic carbocycles. The molecule has 0 spiro atoms. The summed E-state index contributed by atoms with van der Waals surface area (Å²) >= 11 is 0. The van der Waals surface area contributed by atoms with Crippen LogP contribution < -0.4 is 10.1 Å². The minimum Gasteiger partial charge on any atom is -0.484 e. The van der Waals surface area contributed by atoms with Crippen molar-refractivity contribution in [3.8, 4) is 5.75 Å². The molecule has 216 valence electrons. The Morgan fingerprint density at radius 3 is 2.22 bits per heavy atom. The standard InChI is InChI=1S/C35H42N2O4/c38-33(36-31-16-8-3-9-17-31)26-40-32-18-10-15-30(23-32)34(29-13-6-2-7-14-29)35(39)41-25-28-19-21-37(22-20-28)24-27-11-4-1-5-12-27/h1-2,4-7,10-15,18,23,28,31,34H,3,8-9,16-17,19-22,24-26H2,(H,36,38). The van der Waals surface area contributed by atoms with Crippen LogP contribution in [-0.2, 0) is 20.9 Å². The van der Waals surface area contributed by atoms with Gasteiger partial charge < -0.3 is 14.8 Å². The Balaban J connectivity index is 1.16. The van der Waals surface area contributed by atoms with Gasteiger partial charge >= 0.3 is 5.97 Å². The minimum absolute atomic E-state index is 0.0383. The first-order valence-corrected chi connectivity index (χ1v) is 15.1. The van der Waals surface area contributed by atoms with Crippen LogP contribution in [0, 0.1) is 5.92 Å². The molecule has 1 saturated carbocycles. The molecule has 41 heavy (non-hydrogen) atoms. The molecule has 2 fully saturated rings. The molecule has 3 aromatic rings. The van der Waals surface area contributed by atoms with E-state index < -0.39 is 5.92 Å². The van der Waals surface area contributed by atoms with E-state index in [4.69, 9.17) is 9.47 Å². The maximum absolute atomic E-state index is 13.6. The van der Waals surface area contributed by atoms with Crippen molar-refractivity contribution in [3.05, 3.63) is 102 Å². The second kappa shape index (κ2) is 14.8. The molecule has 0 bridgehead atoms. The summed E-state index contributed by atoms with van der Waals surface area (Å²) in [6, 6.07) is 28.0. The Kier molecular flexibility index (Phi) is 10.4. The number of rotatable bonds is 11. The molecule has 1 aliphatic carbocycles. The van der Waals surface area contributed by atoms with Gasteiger partial charge in [0.05, 0.1) is 6.61 Å². The Hall–Kier alpha value is -3.64. The van der Waals surface area contributed by atoms with Crippen LogP contribution in [0.15, 0.2) is 84.9 Å². The van der Waals surface area contributed by atoms with Gasteiger partial charge in [0.25, 0.3) is 5.91 Å². The first kappa shape index (κ1) is 28.9. The fourth-order valence-corrected chi connectivity index (χ4v) is 6.00. The third kappa shape index (κ3) is 8.67. The molecule has 1 aliphatic heterocycles. The monoisotopic (exact) mass is 554 g/mol. The van der Waals surface area contributed by atoms with E-state index in [0.717, 1.165) is 69.3 Å². The van der Waals surface area contributed by atoms with Gasteiger partial charge in [-0.25, -0.2) is 0 Å². The van der Waals surface area contributed by atoms with Crippen LogP contribution in [-0.4, -0.2) is 49.1 Å². The Morgan fingerprint density at radius 2 is 1.49 bits per heavy atom. The molecule has 6 heteroatoms. The van der Waals surface area contributed by atoms with Crippen molar-refractivity contribution in [1.82, 2.24) is 10.2 Å². The summed E-state index contributed by atoms with van der Waals surface area (Å²) in [7, 11) is 0. The molecule has 2 aliphatic rings. The van der Waals surface area contributed by atoms with E-state index in [1.807, 2.05) is 60.7 Å². The van der Waals surface area contributed by atoms with Crippen LogP contribution in [0.4, 0.5) is 0 Å². The normalized spacial score (nSPS) is 17.5. The van der Waals surface area contributed by atoms with E-state index in [1.54, 1.807) is 0 Å². The summed E-state index contributed by atoms with van der Waals surface area (Å²) in [5.41, 5.74) is 3.01. The highest BCUT2D eigenvalue weighted by Gasteiger charge is 2.27. The summed E-state index contributed by atoms with van der Waals surface area (Å²) in [4.78, 5) is 28.5. The van der Waals surface area contributed by atoms with Crippen molar-refractivity contribution < 1.29 is 19.1 Å². The fraction of sp³-hybridized carbons (Fsp3) is 0.429. The molecule has 1 atom stereocenters. The number of likely N-dealkylation sites (tertiary alicyclic amines) is 1. The van der Waals surface area contributed by atoms with Crippen LogP contribution in [0.1, 0.15) is 67.6 Å². The largest absolute Gasteiger partial charge is 0.484 e. The van der Waals surface area contributed by atoms with E-state index in [2.05, 4.69) is 34.5 Å². The summed E-state index contributed by atoms with van der Waals surface area (Å²) in [6.45, 7) is 3.37. The lowest BCUT2D eigenvalue weighted by Crippen LogP contribution is -2.38. The van der Waals surface area contributed by atoms with Gasteiger partial charge in [-0.1, -0.05) is 92.1 Å². The number of benzene rings is 3. The van der Waals surface area contributed by atoms with E-state index >= 15 is 0 Å². The van der Waals surface area contributed by atoms with Gasteiger partial charge in [-0.15, -0.1) is 0 Å². The zero-order valence-electron chi connectivity index (χ0n) is 23.9. The number of nitrogens with zero attached hydrogens (tertiary/aromatic N) is 1. The zero-order chi connectivity index (χ0) is 28.3. The van der Waals surface area contributed by atoms with E-state index in [1.165, 1.54) is 12.0 Å². The van der Waals surface area contributed by atoms with Crippen molar-refractivity contribution in [3.63, 3.8) is 0 Å². The van der Waals surface area contributed by atoms with Gasteiger partial charge in [-0.05, 0) is 73.5 Å². The SMILES string of the molecule is O=C(COc1cccc(C(C(=O)OCC2CCN(Cc3ccccc3)CC2)c2ccccc2)c1)NC1CCCCC1. The zero-order valence-corrected chi connectivity index (χ0v) is 23.9. The molecule has 0 aromatic heterocycles. The number of hydrogen-bond acceptors (Lipinski definition) is 5. The molecule has 5 rings (SSSR count). The molecule has 1 N–H and O–H groups in total. The summed E-state index contributed by atoms with van der Waals surface area (Å²) in [5, 5.41) is 3.09. The lowest BCUT2D eigenvalue weighted by Gasteiger charge is -2.32. The number of hydrogen-bond donors (Lipinski definition) is 1. The van der Waals surface area contributed by atoms with Crippen molar-refractivity contribution in [2.24, 2.45) is 5.92 Å². The number of piperidine rings is 1. The topological polar surface area (TPSA) is 67.9 Å². The van der Waals surface area contributed by atoms with Crippen molar-refractivity contribution in [1.29, 1.82) is 0 Å². The van der Waals surface area contributed by atoms with E-state index in [-0.39, 0.29) is 24.5 Å². The molecule has 1 unspecified atom stereocenters. The number of amides is 1. The predicted molar refractivity (Wildman–Crippen MR) is 161 cm³/mol. The van der Waals surface area contributed by atoms with Crippen molar-refractivity contribution in [2.75, 3.05) is 26.3 Å². The smallest absolute Gasteiger partial charge is 0.317 e. The number of carbonyl (C=O) groups is 2. The second-order valence-corrected chi connectivity index (χ2v) is 11.4. The van der Waals surface area contributed by atoms with Crippen molar-refractivity contribution >= 4 is 11.9 Å². The van der Waals surface area contributed by atoms with Crippen LogP contribution in [0.5, 0.6) is 5.75 Å². The molecule has 1 heterocycles. The number of esters is 1. The van der Waals surface area contributed by atoms with E-state index in [9.17, 15) is 9.59 Å². The number of ether oxygens (including phenoxy) is 2. The van der Waals surface area contributed by atoms with Gasteiger partial charge in [0.1, 0.15) is 11.7 Å². The quantitative estimate of drug-likeness (QED) is 0.290. The Labute approximate surface area is 244 Å². The van der Waals surface area contributed by atoms with Crippen LogP contribution in [0.2, 0.25) is 0 Å². The highest BCUT2D eigenvalue weighted by Crippen LogP contribution is 2.30. The summed E-state index contributed by atoms with van der Waals surface area (Å²) in [6.07, 6.45) is 7.68. The third-order valence-corrected chi connectivity index (χ3v) is 8.32. The molecule has 1 saturated heterocycles. The molecular formula is C35H42N2O4. The minimum atomic E-state index is -0.561. The first-order valence-electron chi connectivity index (χ1n) is 15.1. The lowest BCUT2D eigenvalue weighted by molar-refractivity contribution is -0.146. The Morgan fingerprint density at radius 1 is 0.805 bits per heavy atom. The second-order valence-electron chi connectivity index (χ2n) is 11.4. The fourth-order valence-electron chi connectivity index (χ4n) is 6.00. The highest BCUT2D eigenvalue weighted by atomic mass is 16.5. The van der Waals surface area contributed by atoms with Crippen LogP contribution >= 0.6 is 0 Å². The van der Waals surface area contributed by atoms with E-state index in [0.29, 0.717) is 18.3 Å². The number of carbonyl (C=O) groups excluding carboxylic acids is 2. The van der Waals surface area contributed by atoms with Gasteiger partial charge in [-0.2, -0.15) is 0 Å². The number of nitrogens with one attached hydrogen (secondary N) is 1. The molecular weight excluding hydrogens is 512 g/mol. The van der Waals surface area contributed by atoms with Crippen LogP contribution in [0.25, 0.3) is 0 Å². The van der Waals surface area contributed by atoms with Gasteiger partial charge in [0.2, 0.25) is 0 Å². The summed E-state index contributed by atoms with van der Waals surface area (Å²) in [5.74, 6) is 0.0146. The van der Waals surface area contributed by atoms with Gasteiger partial charge in [0, 0.05) is 12.6 Å². The first-order chi connectivity index (χ1) is 20.1. The molecule has 1 amide bonds. The lowest BCUT2D eigenvalue weighted by atomic mass is 9.91. The highest BCUT2D eigenvalue weighted by molar-refractivity contribution is 5.82. The average Bonchev–Trinajstić information content (AvgIpc) is 3.02.